The second-order valence-corrected chi connectivity index (χ2v) is 6.55. The molecule has 0 aliphatic rings. The molecule has 2 N–H and O–H groups in total. The zero-order valence-corrected chi connectivity index (χ0v) is 14.6. The Morgan fingerprint density at radius 3 is 2.48 bits per heavy atom. The Hall–Kier alpha value is -1.95. The van der Waals surface area contributed by atoms with Crippen molar-refractivity contribution in [3.8, 4) is 0 Å². The van der Waals surface area contributed by atoms with Crippen LogP contribution in [0.25, 0.3) is 0 Å². The molecule has 0 unspecified atom stereocenters. The van der Waals surface area contributed by atoms with Crippen LogP contribution in [0.3, 0.4) is 0 Å². The van der Waals surface area contributed by atoms with Gasteiger partial charge in [-0.25, -0.2) is 9.37 Å². The van der Waals surface area contributed by atoms with Gasteiger partial charge in [0.1, 0.15) is 5.82 Å². The molecule has 124 valence electrons. The van der Waals surface area contributed by atoms with Gasteiger partial charge in [-0.05, 0) is 31.9 Å². The van der Waals surface area contributed by atoms with Crippen molar-refractivity contribution in [2.75, 3.05) is 20.1 Å². The van der Waals surface area contributed by atoms with Gasteiger partial charge in [0.15, 0.2) is 5.96 Å². The minimum atomic E-state index is -0.159. The molecule has 0 spiro atoms. The molecule has 23 heavy (non-hydrogen) atoms. The van der Waals surface area contributed by atoms with Gasteiger partial charge < -0.3 is 10.6 Å². The Bertz CT molecular complexity index is 666. The number of guanidine groups is 1. The molecule has 0 aliphatic heterocycles. The summed E-state index contributed by atoms with van der Waals surface area (Å²) in [6.45, 7) is 5.50. The second-order valence-electron chi connectivity index (χ2n) is 5.26. The van der Waals surface area contributed by atoms with E-state index < -0.39 is 0 Å². The minimum Gasteiger partial charge on any atom is -0.356 e. The summed E-state index contributed by atoms with van der Waals surface area (Å²) in [5, 5.41) is 7.59. The zero-order chi connectivity index (χ0) is 16.7. The van der Waals surface area contributed by atoms with Crippen molar-refractivity contribution in [2.24, 2.45) is 4.99 Å². The van der Waals surface area contributed by atoms with E-state index in [2.05, 4.69) is 20.6 Å². The average Bonchev–Trinajstić information content (AvgIpc) is 2.85. The van der Waals surface area contributed by atoms with E-state index in [9.17, 15) is 4.39 Å². The predicted molar refractivity (Wildman–Crippen MR) is 94.8 cm³/mol. The minimum absolute atomic E-state index is 0.159. The quantitative estimate of drug-likeness (QED) is 0.631. The van der Waals surface area contributed by atoms with Crippen molar-refractivity contribution in [1.29, 1.82) is 0 Å². The van der Waals surface area contributed by atoms with Gasteiger partial charge in [0.25, 0.3) is 0 Å². The van der Waals surface area contributed by atoms with Gasteiger partial charge in [0.05, 0.1) is 10.7 Å². The highest BCUT2D eigenvalue weighted by Gasteiger charge is 2.05. The zero-order valence-electron chi connectivity index (χ0n) is 13.8. The van der Waals surface area contributed by atoms with Crippen LogP contribution in [0.1, 0.15) is 21.1 Å². The van der Waals surface area contributed by atoms with Gasteiger partial charge in [-0.15, -0.1) is 11.3 Å². The molecule has 0 saturated heterocycles. The number of rotatable bonds is 6. The van der Waals surface area contributed by atoms with E-state index in [0.29, 0.717) is 18.5 Å². The van der Waals surface area contributed by atoms with Gasteiger partial charge in [-0.3, -0.25) is 4.99 Å². The number of benzene rings is 1. The van der Waals surface area contributed by atoms with Crippen molar-refractivity contribution in [1.82, 2.24) is 15.6 Å². The van der Waals surface area contributed by atoms with E-state index in [-0.39, 0.29) is 5.82 Å². The van der Waals surface area contributed by atoms with Gasteiger partial charge in [-0.1, -0.05) is 18.2 Å². The first kappa shape index (κ1) is 17.4. The molecular formula is C17H23FN4S. The third-order valence-electron chi connectivity index (χ3n) is 3.51. The Balaban J connectivity index is 1.73. The van der Waals surface area contributed by atoms with Crippen molar-refractivity contribution in [2.45, 2.75) is 26.7 Å². The lowest BCUT2D eigenvalue weighted by Gasteiger charge is -2.12. The van der Waals surface area contributed by atoms with Crippen LogP contribution in [-0.2, 0) is 12.8 Å². The number of halogens is 1. The number of thiazole rings is 1. The topological polar surface area (TPSA) is 49.3 Å². The lowest BCUT2D eigenvalue weighted by molar-refractivity contribution is 0.606. The number of aryl methyl sites for hydroxylation is 2. The molecule has 4 nitrogen and oxygen atoms in total. The monoisotopic (exact) mass is 334 g/mol. The summed E-state index contributed by atoms with van der Waals surface area (Å²) < 4.78 is 13.5. The summed E-state index contributed by atoms with van der Waals surface area (Å²) in [7, 11) is 1.74. The van der Waals surface area contributed by atoms with E-state index in [1.165, 1.54) is 10.9 Å². The van der Waals surface area contributed by atoms with E-state index in [0.717, 1.165) is 29.6 Å². The van der Waals surface area contributed by atoms with E-state index in [1.54, 1.807) is 24.5 Å². The lowest BCUT2D eigenvalue weighted by Crippen LogP contribution is -2.39. The molecule has 1 aromatic carbocycles. The fourth-order valence-corrected chi connectivity index (χ4v) is 3.27. The van der Waals surface area contributed by atoms with Crippen LogP contribution >= 0.6 is 11.3 Å². The predicted octanol–water partition coefficient (Wildman–Crippen LogP) is 2.85. The Morgan fingerprint density at radius 1 is 1.17 bits per heavy atom. The Kier molecular flexibility index (Phi) is 6.52. The summed E-state index contributed by atoms with van der Waals surface area (Å²) in [5.74, 6) is 0.577. The highest BCUT2D eigenvalue weighted by atomic mass is 32.1. The van der Waals surface area contributed by atoms with Crippen LogP contribution in [0, 0.1) is 19.7 Å². The number of aliphatic imine (C=N–C) groups is 1. The largest absolute Gasteiger partial charge is 0.356 e. The van der Waals surface area contributed by atoms with Gasteiger partial charge in [0.2, 0.25) is 0 Å². The first-order valence-corrected chi connectivity index (χ1v) is 8.52. The van der Waals surface area contributed by atoms with Crippen molar-refractivity contribution in [3.63, 3.8) is 0 Å². The molecule has 0 fully saturated rings. The van der Waals surface area contributed by atoms with Crippen LogP contribution in [0.15, 0.2) is 29.3 Å². The summed E-state index contributed by atoms with van der Waals surface area (Å²) in [5.41, 5.74) is 1.82. The van der Waals surface area contributed by atoms with Crippen LogP contribution in [0.2, 0.25) is 0 Å². The summed E-state index contributed by atoms with van der Waals surface area (Å²) in [6.07, 6.45) is 1.55. The molecule has 6 heteroatoms. The maximum Gasteiger partial charge on any atom is 0.190 e. The van der Waals surface area contributed by atoms with Gasteiger partial charge in [-0.2, -0.15) is 0 Å². The van der Waals surface area contributed by atoms with Crippen LogP contribution < -0.4 is 10.6 Å². The fourth-order valence-electron chi connectivity index (χ4n) is 2.34. The summed E-state index contributed by atoms with van der Waals surface area (Å²) in [4.78, 5) is 9.92. The first-order valence-electron chi connectivity index (χ1n) is 7.71. The molecule has 0 bridgehead atoms. The van der Waals surface area contributed by atoms with Gasteiger partial charge in [0, 0.05) is 31.4 Å². The third kappa shape index (κ3) is 5.32. The smallest absolute Gasteiger partial charge is 0.190 e. The molecule has 0 radical (unpaired) electrons. The third-order valence-corrected chi connectivity index (χ3v) is 4.64. The van der Waals surface area contributed by atoms with Gasteiger partial charge >= 0.3 is 0 Å². The molecule has 2 aromatic rings. The number of hydrogen-bond donors (Lipinski definition) is 2. The highest BCUT2D eigenvalue weighted by molar-refractivity contribution is 7.11. The highest BCUT2D eigenvalue weighted by Crippen LogP contribution is 2.16. The number of hydrogen-bond acceptors (Lipinski definition) is 3. The molecular weight excluding hydrogens is 311 g/mol. The molecule has 0 saturated carbocycles. The SMILES string of the molecule is CN=C(NCCc1ccccc1F)NCCc1sc(C)nc1C. The first-order chi connectivity index (χ1) is 11.1. The van der Waals surface area contributed by atoms with Crippen molar-refractivity contribution in [3.05, 3.63) is 51.2 Å². The second kappa shape index (κ2) is 8.62. The standard InChI is InChI=1S/C17H23FN4S/c1-12-16(23-13(2)22-12)9-11-21-17(19-3)20-10-8-14-6-4-5-7-15(14)18/h4-7H,8-11H2,1-3H3,(H2,19,20,21). The Labute approximate surface area is 140 Å². The van der Waals surface area contributed by atoms with Crippen LogP contribution in [0.5, 0.6) is 0 Å². The Morgan fingerprint density at radius 2 is 1.87 bits per heavy atom. The maximum atomic E-state index is 13.5. The molecule has 2 rings (SSSR count). The van der Waals surface area contributed by atoms with E-state index in [4.69, 9.17) is 0 Å². The van der Waals surface area contributed by atoms with Crippen molar-refractivity contribution < 1.29 is 4.39 Å². The molecule has 1 aromatic heterocycles. The maximum absolute atomic E-state index is 13.5. The molecule has 1 heterocycles. The lowest BCUT2D eigenvalue weighted by atomic mass is 10.1. The van der Waals surface area contributed by atoms with Crippen LogP contribution in [0.4, 0.5) is 4.39 Å². The number of aromatic nitrogens is 1. The van der Waals surface area contributed by atoms with Crippen LogP contribution in [-0.4, -0.2) is 31.1 Å². The average molecular weight is 334 g/mol. The number of nitrogens with one attached hydrogen (secondary N) is 2. The molecule has 0 aliphatic carbocycles. The normalized spacial score (nSPS) is 11.6. The fraction of sp³-hybridized carbons (Fsp3) is 0.412. The van der Waals surface area contributed by atoms with Crippen molar-refractivity contribution >= 4 is 17.3 Å². The number of nitrogens with zero attached hydrogens (tertiary/aromatic N) is 2. The summed E-state index contributed by atoms with van der Waals surface area (Å²) >= 11 is 1.74. The van der Waals surface area contributed by atoms with E-state index >= 15 is 0 Å². The molecule has 0 amide bonds. The summed E-state index contributed by atoms with van der Waals surface area (Å²) in [6, 6.07) is 6.85. The van der Waals surface area contributed by atoms with E-state index in [1.807, 2.05) is 26.0 Å². The molecule has 0 atom stereocenters.